The SMILES string of the molecule is O=C(c1cnc(OC2CCOC2)c(Cl)c1)N1CCN(c2ccccc2O)CC1. The van der Waals surface area contributed by atoms with Gasteiger partial charge in [-0.1, -0.05) is 23.7 Å². The molecule has 2 aliphatic rings. The summed E-state index contributed by atoms with van der Waals surface area (Å²) in [6.07, 6.45) is 2.27. The summed E-state index contributed by atoms with van der Waals surface area (Å²) in [6.45, 7) is 3.61. The van der Waals surface area contributed by atoms with E-state index in [0.29, 0.717) is 55.9 Å². The van der Waals surface area contributed by atoms with E-state index in [9.17, 15) is 9.90 Å². The number of aromatic hydroxyl groups is 1. The highest BCUT2D eigenvalue weighted by Gasteiger charge is 2.25. The van der Waals surface area contributed by atoms with Gasteiger partial charge in [0, 0.05) is 38.8 Å². The van der Waals surface area contributed by atoms with Crippen LogP contribution in [-0.2, 0) is 4.74 Å². The van der Waals surface area contributed by atoms with E-state index < -0.39 is 0 Å². The number of anilines is 1. The number of carbonyl (C=O) groups excluding carboxylic acids is 1. The van der Waals surface area contributed by atoms with Crippen LogP contribution in [0.15, 0.2) is 36.5 Å². The molecule has 148 valence electrons. The van der Waals surface area contributed by atoms with Gasteiger partial charge in [0.1, 0.15) is 16.9 Å². The number of hydrogen-bond donors (Lipinski definition) is 1. The molecule has 2 fully saturated rings. The Morgan fingerprint density at radius 3 is 2.71 bits per heavy atom. The Bertz CT molecular complexity index is 849. The second-order valence-corrected chi connectivity index (χ2v) is 7.29. The average Bonchev–Trinajstić information content (AvgIpc) is 3.23. The first-order chi connectivity index (χ1) is 13.6. The molecular formula is C20H22ClN3O4. The second kappa shape index (κ2) is 8.24. The Hall–Kier alpha value is -2.51. The van der Waals surface area contributed by atoms with Crippen molar-refractivity contribution in [2.45, 2.75) is 12.5 Å². The van der Waals surface area contributed by atoms with E-state index in [-0.39, 0.29) is 17.8 Å². The number of phenolic OH excluding ortho intramolecular Hbond substituents is 1. The zero-order valence-electron chi connectivity index (χ0n) is 15.4. The van der Waals surface area contributed by atoms with E-state index >= 15 is 0 Å². The van der Waals surface area contributed by atoms with E-state index in [1.807, 2.05) is 12.1 Å². The molecule has 1 aromatic carbocycles. The van der Waals surface area contributed by atoms with Crippen molar-refractivity contribution in [3.8, 4) is 11.6 Å². The number of hydrogen-bond acceptors (Lipinski definition) is 6. The summed E-state index contributed by atoms with van der Waals surface area (Å²) >= 11 is 6.28. The smallest absolute Gasteiger partial charge is 0.255 e. The minimum absolute atomic E-state index is 0.0472. The highest BCUT2D eigenvalue weighted by molar-refractivity contribution is 6.32. The van der Waals surface area contributed by atoms with Gasteiger partial charge in [-0.05, 0) is 18.2 Å². The van der Waals surface area contributed by atoms with Crippen LogP contribution in [-0.4, -0.2) is 66.4 Å². The molecule has 8 heteroatoms. The first kappa shape index (κ1) is 18.8. The average molecular weight is 404 g/mol. The van der Waals surface area contributed by atoms with E-state index in [1.54, 1.807) is 23.1 Å². The maximum Gasteiger partial charge on any atom is 0.255 e. The van der Waals surface area contributed by atoms with E-state index in [4.69, 9.17) is 21.1 Å². The molecular weight excluding hydrogens is 382 g/mol. The van der Waals surface area contributed by atoms with Crippen LogP contribution in [0.1, 0.15) is 16.8 Å². The minimum atomic E-state index is -0.109. The summed E-state index contributed by atoms with van der Waals surface area (Å²) in [7, 11) is 0. The van der Waals surface area contributed by atoms with Crippen molar-refractivity contribution in [1.82, 2.24) is 9.88 Å². The van der Waals surface area contributed by atoms with Crippen molar-refractivity contribution < 1.29 is 19.4 Å². The number of nitrogens with zero attached hydrogens (tertiary/aromatic N) is 3. The van der Waals surface area contributed by atoms with E-state index in [0.717, 1.165) is 12.1 Å². The highest BCUT2D eigenvalue weighted by Crippen LogP contribution is 2.28. The quantitative estimate of drug-likeness (QED) is 0.845. The Labute approximate surface area is 168 Å². The van der Waals surface area contributed by atoms with Crippen LogP contribution >= 0.6 is 11.6 Å². The molecule has 0 bridgehead atoms. The fraction of sp³-hybridized carbons (Fsp3) is 0.400. The third kappa shape index (κ3) is 4.00. The van der Waals surface area contributed by atoms with Gasteiger partial charge in [-0.2, -0.15) is 0 Å². The van der Waals surface area contributed by atoms with E-state index in [1.165, 1.54) is 6.20 Å². The van der Waals surface area contributed by atoms with Crippen LogP contribution in [0.3, 0.4) is 0 Å². The molecule has 2 aliphatic heterocycles. The van der Waals surface area contributed by atoms with Crippen molar-refractivity contribution in [2.24, 2.45) is 0 Å². The van der Waals surface area contributed by atoms with E-state index in [2.05, 4.69) is 9.88 Å². The standard InChI is InChI=1S/C20H22ClN3O4/c21-16-11-14(12-22-19(16)28-15-5-10-27-13-15)20(26)24-8-6-23(7-9-24)17-3-1-2-4-18(17)25/h1-4,11-12,15,25H,5-10,13H2. The molecule has 2 aromatic rings. The Balaban J connectivity index is 1.38. The maximum absolute atomic E-state index is 12.8. The van der Waals surface area contributed by atoms with Gasteiger partial charge in [0.15, 0.2) is 0 Å². The number of amides is 1. The van der Waals surface area contributed by atoms with Crippen LogP contribution in [0.4, 0.5) is 5.69 Å². The normalized spacial score (nSPS) is 19.7. The van der Waals surface area contributed by atoms with Crippen molar-refractivity contribution in [3.05, 3.63) is 47.1 Å². The lowest BCUT2D eigenvalue weighted by atomic mass is 10.2. The van der Waals surface area contributed by atoms with Crippen LogP contribution < -0.4 is 9.64 Å². The lowest BCUT2D eigenvalue weighted by molar-refractivity contribution is 0.0746. The topological polar surface area (TPSA) is 75.1 Å². The lowest BCUT2D eigenvalue weighted by Crippen LogP contribution is -2.48. The predicted molar refractivity (Wildman–Crippen MR) is 105 cm³/mol. The van der Waals surface area contributed by atoms with Crippen molar-refractivity contribution in [3.63, 3.8) is 0 Å². The molecule has 0 radical (unpaired) electrons. The fourth-order valence-electron chi connectivity index (χ4n) is 3.46. The van der Waals surface area contributed by atoms with Gasteiger partial charge in [0.25, 0.3) is 5.91 Å². The van der Waals surface area contributed by atoms with Crippen LogP contribution in [0, 0.1) is 0 Å². The molecule has 7 nitrogen and oxygen atoms in total. The van der Waals surface area contributed by atoms with Gasteiger partial charge < -0.3 is 24.4 Å². The van der Waals surface area contributed by atoms with Crippen LogP contribution in [0.5, 0.6) is 11.6 Å². The zero-order chi connectivity index (χ0) is 19.5. The van der Waals surface area contributed by atoms with Gasteiger partial charge in [0.05, 0.1) is 24.5 Å². The molecule has 28 heavy (non-hydrogen) atoms. The molecule has 0 aliphatic carbocycles. The molecule has 3 heterocycles. The summed E-state index contributed by atoms with van der Waals surface area (Å²) < 4.78 is 11.0. The van der Waals surface area contributed by atoms with Crippen molar-refractivity contribution >= 4 is 23.2 Å². The molecule has 0 saturated carbocycles. The lowest BCUT2D eigenvalue weighted by Gasteiger charge is -2.36. The summed E-state index contributed by atoms with van der Waals surface area (Å²) in [5.41, 5.74) is 1.23. The number of rotatable bonds is 4. The first-order valence-electron chi connectivity index (χ1n) is 9.34. The number of piperazine rings is 1. The van der Waals surface area contributed by atoms with Gasteiger partial charge in [-0.15, -0.1) is 0 Å². The van der Waals surface area contributed by atoms with Crippen molar-refractivity contribution in [1.29, 1.82) is 0 Å². The number of carbonyl (C=O) groups is 1. The number of ether oxygens (including phenoxy) is 2. The van der Waals surface area contributed by atoms with Crippen LogP contribution in [0.25, 0.3) is 0 Å². The Kier molecular flexibility index (Phi) is 5.54. The zero-order valence-corrected chi connectivity index (χ0v) is 16.1. The minimum Gasteiger partial charge on any atom is -0.506 e. The van der Waals surface area contributed by atoms with Gasteiger partial charge in [0.2, 0.25) is 5.88 Å². The molecule has 1 amide bonds. The largest absolute Gasteiger partial charge is 0.506 e. The molecule has 1 unspecified atom stereocenters. The monoisotopic (exact) mass is 403 g/mol. The molecule has 0 spiro atoms. The molecule has 1 aromatic heterocycles. The molecule has 1 N–H and O–H groups in total. The third-order valence-corrected chi connectivity index (χ3v) is 5.28. The fourth-order valence-corrected chi connectivity index (χ4v) is 3.67. The number of para-hydroxylation sites is 2. The molecule has 4 rings (SSSR count). The number of pyridine rings is 1. The van der Waals surface area contributed by atoms with Gasteiger partial charge >= 0.3 is 0 Å². The maximum atomic E-state index is 12.8. The van der Waals surface area contributed by atoms with Gasteiger partial charge in [-0.3, -0.25) is 4.79 Å². The highest BCUT2D eigenvalue weighted by atomic mass is 35.5. The second-order valence-electron chi connectivity index (χ2n) is 6.88. The molecule has 1 atom stereocenters. The summed E-state index contributed by atoms with van der Waals surface area (Å²) in [6, 6.07) is 8.84. The number of aromatic nitrogens is 1. The van der Waals surface area contributed by atoms with Crippen LogP contribution in [0.2, 0.25) is 5.02 Å². The Morgan fingerprint density at radius 1 is 1.25 bits per heavy atom. The number of benzene rings is 1. The summed E-state index contributed by atoms with van der Waals surface area (Å²) in [5, 5.41) is 10.3. The summed E-state index contributed by atoms with van der Waals surface area (Å²) in [4.78, 5) is 20.9. The summed E-state index contributed by atoms with van der Waals surface area (Å²) in [5.74, 6) is 0.474. The van der Waals surface area contributed by atoms with Crippen molar-refractivity contribution in [2.75, 3.05) is 44.3 Å². The predicted octanol–water partition coefficient (Wildman–Crippen LogP) is 2.57. The van der Waals surface area contributed by atoms with Gasteiger partial charge in [-0.25, -0.2) is 4.98 Å². The Morgan fingerprint density at radius 2 is 2.04 bits per heavy atom. The number of halogens is 1. The third-order valence-electron chi connectivity index (χ3n) is 5.01. The first-order valence-corrected chi connectivity index (χ1v) is 9.72. The molecule has 2 saturated heterocycles. The number of phenols is 1.